The molecule has 1 amide bonds. The van der Waals surface area contributed by atoms with Crippen LogP contribution in [0.15, 0.2) is 23.0 Å². The zero-order valence-electron chi connectivity index (χ0n) is 14.8. The van der Waals surface area contributed by atoms with Crippen LogP contribution in [0.1, 0.15) is 46.5 Å². The maximum Gasteiger partial charge on any atom is 0.261 e. The first kappa shape index (κ1) is 18.5. The average molecular weight is 350 g/mol. The number of hydrogen-bond donors (Lipinski definition) is 0. The summed E-state index contributed by atoms with van der Waals surface area (Å²) in [6.07, 6.45) is 0. The van der Waals surface area contributed by atoms with Crippen molar-refractivity contribution >= 4 is 28.4 Å². The smallest absolute Gasteiger partial charge is 0.261 e. The SMILES string of the molecule is CCN(C(=O)C(C)C)C(C)c1nc2cc(Cl)ccc2c(=O)n1CC. The molecule has 0 aliphatic heterocycles. The van der Waals surface area contributed by atoms with Crippen LogP contribution >= 0.6 is 11.6 Å². The van der Waals surface area contributed by atoms with Gasteiger partial charge in [-0.05, 0) is 39.0 Å². The van der Waals surface area contributed by atoms with Gasteiger partial charge in [-0.3, -0.25) is 14.2 Å². The number of hydrogen-bond acceptors (Lipinski definition) is 3. The van der Waals surface area contributed by atoms with Gasteiger partial charge in [-0.15, -0.1) is 0 Å². The van der Waals surface area contributed by atoms with Crippen LogP contribution < -0.4 is 5.56 Å². The molecule has 1 unspecified atom stereocenters. The van der Waals surface area contributed by atoms with Crippen molar-refractivity contribution in [3.05, 3.63) is 39.4 Å². The van der Waals surface area contributed by atoms with Crippen molar-refractivity contribution in [3.8, 4) is 0 Å². The summed E-state index contributed by atoms with van der Waals surface area (Å²) >= 11 is 6.05. The fourth-order valence-corrected chi connectivity index (χ4v) is 3.09. The third kappa shape index (κ3) is 3.31. The van der Waals surface area contributed by atoms with Crippen LogP contribution in [0.4, 0.5) is 0 Å². The van der Waals surface area contributed by atoms with Crippen LogP contribution in [-0.2, 0) is 11.3 Å². The molecule has 1 aromatic heterocycles. The summed E-state index contributed by atoms with van der Waals surface area (Å²) in [5, 5.41) is 1.07. The molecular weight excluding hydrogens is 326 g/mol. The van der Waals surface area contributed by atoms with Crippen LogP contribution in [0.5, 0.6) is 0 Å². The monoisotopic (exact) mass is 349 g/mol. The van der Waals surface area contributed by atoms with Crippen LogP contribution in [0.3, 0.4) is 0 Å². The van der Waals surface area contributed by atoms with E-state index in [0.29, 0.717) is 34.8 Å². The Morgan fingerprint density at radius 1 is 1.29 bits per heavy atom. The average Bonchev–Trinajstić information content (AvgIpc) is 2.54. The Kier molecular flexibility index (Phi) is 5.65. The molecule has 0 saturated heterocycles. The lowest BCUT2D eigenvalue weighted by Gasteiger charge is -2.30. The summed E-state index contributed by atoms with van der Waals surface area (Å²) in [6, 6.07) is 4.79. The second kappa shape index (κ2) is 7.34. The second-order valence-corrected chi connectivity index (χ2v) is 6.57. The van der Waals surface area contributed by atoms with Crippen molar-refractivity contribution in [2.24, 2.45) is 5.92 Å². The number of fused-ring (bicyclic) bond motifs is 1. The van der Waals surface area contributed by atoms with Crippen molar-refractivity contribution < 1.29 is 4.79 Å². The molecule has 1 heterocycles. The summed E-state index contributed by atoms with van der Waals surface area (Å²) < 4.78 is 1.64. The van der Waals surface area contributed by atoms with E-state index in [2.05, 4.69) is 4.98 Å². The van der Waals surface area contributed by atoms with Gasteiger partial charge in [0.15, 0.2) is 0 Å². The third-order valence-electron chi connectivity index (χ3n) is 4.22. The van der Waals surface area contributed by atoms with E-state index in [9.17, 15) is 9.59 Å². The molecule has 0 fully saturated rings. The first-order valence-electron chi connectivity index (χ1n) is 8.32. The van der Waals surface area contributed by atoms with Gasteiger partial charge in [-0.1, -0.05) is 25.4 Å². The minimum Gasteiger partial charge on any atom is -0.333 e. The van der Waals surface area contributed by atoms with Crippen molar-refractivity contribution in [2.45, 2.75) is 47.2 Å². The number of aromatic nitrogens is 2. The molecule has 24 heavy (non-hydrogen) atoms. The van der Waals surface area contributed by atoms with Crippen molar-refractivity contribution in [2.75, 3.05) is 6.54 Å². The van der Waals surface area contributed by atoms with Gasteiger partial charge >= 0.3 is 0 Å². The van der Waals surface area contributed by atoms with Crippen LogP contribution in [0.2, 0.25) is 5.02 Å². The Balaban J connectivity index is 2.65. The predicted octanol–water partition coefficient (Wildman–Crippen LogP) is 3.64. The van der Waals surface area contributed by atoms with Crippen LogP contribution in [0, 0.1) is 5.92 Å². The maximum absolute atomic E-state index is 12.8. The van der Waals surface area contributed by atoms with Gasteiger partial charge in [0, 0.05) is 24.0 Å². The Morgan fingerprint density at radius 2 is 1.96 bits per heavy atom. The lowest BCUT2D eigenvalue weighted by Crippen LogP contribution is -2.39. The Morgan fingerprint density at radius 3 is 2.50 bits per heavy atom. The summed E-state index contributed by atoms with van der Waals surface area (Å²) in [5.41, 5.74) is 0.459. The highest BCUT2D eigenvalue weighted by Gasteiger charge is 2.26. The topological polar surface area (TPSA) is 55.2 Å². The van der Waals surface area contributed by atoms with Gasteiger partial charge < -0.3 is 4.90 Å². The Bertz CT molecular complexity index is 814. The minimum atomic E-state index is -0.291. The molecular formula is C18H24ClN3O2. The quantitative estimate of drug-likeness (QED) is 0.828. The second-order valence-electron chi connectivity index (χ2n) is 6.14. The number of amides is 1. The molecule has 2 aromatic rings. The number of nitrogens with zero attached hydrogens (tertiary/aromatic N) is 3. The maximum atomic E-state index is 12.8. The largest absolute Gasteiger partial charge is 0.333 e. The number of halogens is 1. The predicted molar refractivity (Wildman–Crippen MR) is 97.3 cm³/mol. The van der Waals surface area contributed by atoms with Gasteiger partial charge in [0.1, 0.15) is 5.82 Å². The van der Waals surface area contributed by atoms with Crippen LogP contribution in [0.25, 0.3) is 10.9 Å². The van der Waals surface area contributed by atoms with E-state index in [4.69, 9.17) is 11.6 Å². The normalized spacial score (nSPS) is 12.6. The van der Waals surface area contributed by atoms with Crippen molar-refractivity contribution in [1.82, 2.24) is 14.5 Å². The van der Waals surface area contributed by atoms with Gasteiger partial charge in [0.25, 0.3) is 5.56 Å². The molecule has 1 aromatic carbocycles. The highest BCUT2D eigenvalue weighted by molar-refractivity contribution is 6.31. The highest BCUT2D eigenvalue weighted by Crippen LogP contribution is 2.23. The standard InChI is InChI=1S/C18H24ClN3O2/c1-6-21(17(23)11(3)4)12(5)16-20-15-10-13(19)8-9-14(15)18(24)22(16)7-2/h8-12H,6-7H2,1-5H3. The van der Waals surface area contributed by atoms with Crippen LogP contribution in [-0.4, -0.2) is 26.9 Å². The molecule has 0 saturated carbocycles. The summed E-state index contributed by atoms with van der Waals surface area (Å²) in [7, 11) is 0. The number of carbonyl (C=O) groups is 1. The molecule has 6 heteroatoms. The first-order chi connectivity index (χ1) is 11.3. The molecule has 0 N–H and O–H groups in total. The number of benzene rings is 1. The Hall–Kier alpha value is -1.88. The zero-order valence-corrected chi connectivity index (χ0v) is 15.6. The van der Waals surface area contributed by atoms with Crippen molar-refractivity contribution in [1.29, 1.82) is 0 Å². The lowest BCUT2D eigenvalue weighted by molar-refractivity contribution is -0.136. The first-order valence-corrected chi connectivity index (χ1v) is 8.70. The van der Waals surface area contributed by atoms with E-state index >= 15 is 0 Å². The molecule has 0 bridgehead atoms. The molecule has 0 aliphatic carbocycles. The van der Waals surface area contributed by atoms with Crippen molar-refractivity contribution in [3.63, 3.8) is 0 Å². The van der Waals surface area contributed by atoms with Gasteiger partial charge in [-0.25, -0.2) is 4.98 Å². The number of rotatable bonds is 5. The van der Waals surface area contributed by atoms with E-state index in [-0.39, 0.29) is 23.4 Å². The van der Waals surface area contributed by atoms with Gasteiger partial charge in [0.05, 0.1) is 16.9 Å². The number of carbonyl (C=O) groups excluding carboxylic acids is 1. The molecule has 2 rings (SSSR count). The minimum absolute atomic E-state index is 0.0492. The summed E-state index contributed by atoms with van der Waals surface area (Å²) in [6.45, 7) is 10.6. The molecule has 1 atom stereocenters. The fourth-order valence-electron chi connectivity index (χ4n) is 2.93. The van der Waals surface area contributed by atoms with E-state index in [0.717, 1.165) is 0 Å². The molecule has 0 aliphatic rings. The molecule has 130 valence electrons. The van der Waals surface area contributed by atoms with Gasteiger partial charge in [-0.2, -0.15) is 0 Å². The van der Waals surface area contributed by atoms with E-state index in [1.54, 1.807) is 27.7 Å². The van der Waals surface area contributed by atoms with E-state index < -0.39 is 0 Å². The molecule has 5 nitrogen and oxygen atoms in total. The highest BCUT2D eigenvalue weighted by atomic mass is 35.5. The van der Waals surface area contributed by atoms with E-state index in [1.165, 1.54) is 0 Å². The van der Waals surface area contributed by atoms with E-state index in [1.807, 2.05) is 34.6 Å². The fraction of sp³-hybridized carbons (Fsp3) is 0.500. The third-order valence-corrected chi connectivity index (χ3v) is 4.46. The Labute approximate surface area is 147 Å². The molecule has 0 radical (unpaired) electrons. The summed E-state index contributed by atoms with van der Waals surface area (Å²) in [5.74, 6) is 0.533. The summed E-state index contributed by atoms with van der Waals surface area (Å²) in [4.78, 5) is 31.7. The molecule has 0 spiro atoms. The lowest BCUT2D eigenvalue weighted by atomic mass is 10.1. The zero-order chi connectivity index (χ0) is 18.0. The van der Waals surface area contributed by atoms with Gasteiger partial charge in [0.2, 0.25) is 5.91 Å².